The zero-order valence-electron chi connectivity index (χ0n) is 17.7. The van der Waals surface area contributed by atoms with Crippen LogP contribution in [0.5, 0.6) is 5.75 Å². The van der Waals surface area contributed by atoms with Crippen LogP contribution in [0, 0.1) is 0 Å². The summed E-state index contributed by atoms with van der Waals surface area (Å²) in [6.07, 6.45) is 0.101. The van der Waals surface area contributed by atoms with Crippen molar-refractivity contribution >= 4 is 50.0 Å². The van der Waals surface area contributed by atoms with Crippen LogP contribution in [0.3, 0.4) is 0 Å². The molecule has 3 aromatic rings. The standard InChI is InChI=1S/C23H24ClN3O4S/c1-30-20-6-3-16(24)13-17(20)19(28)5-7-22(29)26-23-25-18-4-2-15(12-21(18)32-23)14-27-8-10-31-11-9-27/h2-4,6,12-13H,5,7-11,14H2,1H3,(H,25,26,29). The van der Waals surface area contributed by atoms with Gasteiger partial charge < -0.3 is 14.8 Å². The highest BCUT2D eigenvalue weighted by Gasteiger charge is 2.16. The number of halogens is 1. The van der Waals surface area contributed by atoms with Gasteiger partial charge >= 0.3 is 0 Å². The molecule has 168 valence electrons. The summed E-state index contributed by atoms with van der Waals surface area (Å²) in [6, 6.07) is 11.0. The number of ketones is 1. The van der Waals surface area contributed by atoms with Crippen molar-refractivity contribution in [2.24, 2.45) is 0 Å². The molecule has 9 heteroatoms. The second-order valence-corrected chi connectivity index (χ2v) is 8.99. The fourth-order valence-corrected chi connectivity index (χ4v) is 4.70. The zero-order chi connectivity index (χ0) is 22.5. The van der Waals surface area contributed by atoms with Gasteiger partial charge in [0.25, 0.3) is 0 Å². The van der Waals surface area contributed by atoms with Crippen LogP contribution in [0.4, 0.5) is 5.13 Å². The van der Waals surface area contributed by atoms with E-state index in [4.69, 9.17) is 21.1 Å². The molecule has 1 N–H and O–H groups in total. The number of methoxy groups -OCH3 is 1. The predicted molar refractivity (Wildman–Crippen MR) is 126 cm³/mol. The molecule has 0 bridgehead atoms. The molecule has 7 nitrogen and oxygen atoms in total. The number of anilines is 1. The number of carbonyl (C=O) groups excluding carboxylic acids is 2. The van der Waals surface area contributed by atoms with Gasteiger partial charge in [-0.25, -0.2) is 4.98 Å². The first-order chi connectivity index (χ1) is 15.5. The molecular weight excluding hydrogens is 450 g/mol. The minimum Gasteiger partial charge on any atom is -0.496 e. The number of morpholine rings is 1. The van der Waals surface area contributed by atoms with Crippen molar-refractivity contribution in [3.05, 3.63) is 52.5 Å². The lowest BCUT2D eigenvalue weighted by Crippen LogP contribution is -2.35. The first kappa shape index (κ1) is 22.7. The van der Waals surface area contributed by atoms with E-state index in [1.54, 1.807) is 18.2 Å². The summed E-state index contributed by atoms with van der Waals surface area (Å²) < 4.78 is 11.6. The molecule has 32 heavy (non-hydrogen) atoms. The van der Waals surface area contributed by atoms with Crippen LogP contribution in [-0.4, -0.2) is 55.0 Å². The largest absolute Gasteiger partial charge is 0.496 e. The highest BCUT2D eigenvalue weighted by Crippen LogP contribution is 2.28. The maximum absolute atomic E-state index is 12.5. The van der Waals surface area contributed by atoms with Gasteiger partial charge in [-0.15, -0.1) is 0 Å². The van der Waals surface area contributed by atoms with E-state index in [2.05, 4.69) is 27.3 Å². The number of Topliss-reactive ketones (excluding diaryl/α,β-unsaturated/α-hetero) is 1. The Hall–Kier alpha value is -2.52. The quantitative estimate of drug-likeness (QED) is 0.488. The Kier molecular flexibility index (Phi) is 7.36. The number of amides is 1. The summed E-state index contributed by atoms with van der Waals surface area (Å²) in [5, 5.41) is 3.79. The molecule has 0 spiro atoms. The van der Waals surface area contributed by atoms with Gasteiger partial charge in [-0.3, -0.25) is 14.5 Å². The van der Waals surface area contributed by atoms with Crippen molar-refractivity contribution in [2.75, 3.05) is 38.7 Å². The molecule has 0 unspecified atom stereocenters. The van der Waals surface area contributed by atoms with Crippen LogP contribution in [0.2, 0.25) is 5.02 Å². The van der Waals surface area contributed by atoms with Gasteiger partial charge in [-0.05, 0) is 35.9 Å². The summed E-state index contributed by atoms with van der Waals surface area (Å²) in [5.41, 5.74) is 2.43. The van der Waals surface area contributed by atoms with E-state index in [0.29, 0.717) is 21.5 Å². The topological polar surface area (TPSA) is 80.8 Å². The molecule has 1 aliphatic heterocycles. The van der Waals surface area contributed by atoms with Crippen molar-refractivity contribution in [3.63, 3.8) is 0 Å². The maximum atomic E-state index is 12.5. The van der Waals surface area contributed by atoms with Gasteiger partial charge in [0, 0.05) is 37.5 Å². The summed E-state index contributed by atoms with van der Waals surface area (Å²) in [6.45, 7) is 4.27. The van der Waals surface area contributed by atoms with Gasteiger partial charge in [0.2, 0.25) is 5.91 Å². The highest BCUT2D eigenvalue weighted by atomic mass is 35.5. The third-order valence-electron chi connectivity index (χ3n) is 5.25. The third-order valence-corrected chi connectivity index (χ3v) is 6.42. The van der Waals surface area contributed by atoms with Crippen LogP contribution in [0.25, 0.3) is 10.2 Å². The van der Waals surface area contributed by atoms with Crippen LogP contribution >= 0.6 is 22.9 Å². The molecular formula is C23H24ClN3O4S. The van der Waals surface area contributed by atoms with Crippen LogP contribution < -0.4 is 10.1 Å². The number of nitrogens with one attached hydrogen (secondary N) is 1. The Morgan fingerprint density at radius 1 is 1.19 bits per heavy atom. The molecule has 1 aliphatic rings. The van der Waals surface area contributed by atoms with Gasteiger partial charge in [0.05, 0.1) is 36.1 Å². The number of fused-ring (bicyclic) bond motifs is 1. The SMILES string of the molecule is COc1ccc(Cl)cc1C(=O)CCC(=O)Nc1nc2ccc(CN3CCOCC3)cc2s1. The fourth-order valence-electron chi connectivity index (χ4n) is 3.58. The summed E-state index contributed by atoms with van der Waals surface area (Å²) in [4.78, 5) is 31.8. The summed E-state index contributed by atoms with van der Waals surface area (Å²) in [7, 11) is 1.49. The molecule has 0 saturated carbocycles. The number of aromatic nitrogens is 1. The number of hydrogen-bond donors (Lipinski definition) is 1. The Morgan fingerprint density at radius 3 is 2.78 bits per heavy atom. The smallest absolute Gasteiger partial charge is 0.226 e. The van der Waals surface area contributed by atoms with E-state index < -0.39 is 0 Å². The molecule has 4 rings (SSSR count). The lowest BCUT2D eigenvalue weighted by Gasteiger charge is -2.26. The second kappa shape index (κ2) is 10.4. The first-order valence-corrected chi connectivity index (χ1v) is 11.6. The molecule has 1 amide bonds. The molecule has 0 radical (unpaired) electrons. The van der Waals surface area contributed by atoms with Gasteiger partial charge in [-0.2, -0.15) is 0 Å². The Morgan fingerprint density at radius 2 is 2.00 bits per heavy atom. The van der Waals surface area contributed by atoms with E-state index in [-0.39, 0.29) is 24.5 Å². The molecule has 1 fully saturated rings. The maximum Gasteiger partial charge on any atom is 0.226 e. The second-order valence-electron chi connectivity index (χ2n) is 7.53. The number of rotatable bonds is 8. The van der Waals surface area contributed by atoms with Gasteiger partial charge in [-0.1, -0.05) is 29.0 Å². The molecule has 1 saturated heterocycles. The monoisotopic (exact) mass is 473 g/mol. The van der Waals surface area contributed by atoms with Crippen LogP contribution in [0.15, 0.2) is 36.4 Å². The zero-order valence-corrected chi connectivity index (χ0v) is 19.3. The molecule has 2 heterocycles. The average Bonchev–Trinajstić information content (AvgIpc) is 3.19. The number of thiazole rings is 1. The van der Waals surface area contributed by atoms with Crippen molar-refractivity contribution in [1.82, 2.24) is 9.88 Å². The van der Waals surface area contributed by atoms with Gasteiger partial charge in [0.15, 0.2) is 10.9 Å². The number of benzene rings is 2. The van der Waals surface area contributed by atoms with Crippen molar-refractivity contribution in [3.8, 4) is 5.75 Å². The number of carbonyl (C=O) groups is 2. The Bertz CT molecular complexity index is 1130. The Balaban J connectivity index is 1.35. The minimum absolute atomic E-state index is 0.0483. The van der Waals surface area contributed by atoms with E-state index in [1.807, 2.05) is 6.07 Å². The fraction of sp³-hybridized carbons (Fsp3) is 0.348. The number of hydrogen-bond acceptors (Lipinski definition) is 7. The normalized spacial score (nSPS) is 14.4. The van der Waals surface area contributed by atoms with Crippen LogP contribution in [0.1, 0.15) is 28.8 Å². The van der Waals surface area contributed by atoms with Crippen LogP contribution in [-0.2, 0) is 16.1 Å². The Labute approximate surface area is 195 Å². The minimum atomic E-state index is -0.257. The van der Waals surface area contributed by atoms with E-state index in [0.717, 1.165) is 43.1 Å². The lowest BCUT2D eigenvalue weighted by molar-refractivity contribution is -0.116. The number of ether oxygens (including phenoxy) is 2. The lowest BCUT2D eigenvalue weighted by atomic mass is 10.1. The first-order valence-electron chi connectivity index (χ1n) is 10.4. The number of nitrogens with zero attached hydrogens (tertiary/aromatic N) is 2. The van der Waals surface area contributed by atoms with E-state index in [1.165, 1.54) is 24.0 Å². The van der Waals surface area contributed by atoms with Crippen molar-refractivity contribution in [2.45, 2.75) is 19.4 Å². The summed E-state index contributed by atoms with van der Waals surface area (Å²) in [5.74, 6) is -0.0117. The molecule has 2 aromatic carbocycles. The highest BCUT2D eigenvalue weighted by molar-refractivity contribution is 7.22. The van der Waals surface area contributed by atoms with E-state index in [9.17, 15) is 9.59 Å². The molecule has 0 aliphatic carbocycles. The van der Waals surface area contributed by atoms with Gasteiger partial charge in [0.1, 0.15) is 5.75 Å². The predicted octanol–water partition coefficient (Wildman–Crippen LogP) is 4.39. The molecule has 1 aromatic heterocycles. The average molecular weight is 474 g/mol. The van der Waals surface area contributed by atoms with E-state index >= 15 is 0 Å². The van der Waals surface area contributed by atoms with Crippen molar-refractivity contribution < 1.29 is 19.1 Å². The van der Waals surface area contributed by atoms with Crippen molar-refractivity contribution in [1.29, 1.82) is 0 Å². The third kappa shape index (κ3) is 5.63. The summed E-state index contributed by atoms with van der Waals surface area (Å²) >= 11 is 7.42. The molecule has 0 atom stereocenters.